The van der Waals surface area contributed by atoms with E-state index in [1.54, 1.807) is 6.92 Å². The highest BCUT2D eigenvalue weighted by molar-refractivity contribution is 9.10. The van der Waals surface area contributed by atoms with Crippen molar-refractivity contribution in [2.24, 2.45) is 0 Å². The zero-order valence-corrected chi connectivity index (χ0v) is 16.6. The molecule has 0 saturated carbocycles. The van der Waals surface area contributed by atoms with Crippen LogP contribution in [0.25, 0.3) is 0 Å². The SMILES string of the molecule is Cc1cc(C)cc(OCCN2C(=O)N[C@](C)(c3cccc(Br)c3)C2=O)c1. The van der Waals surface area contributed by atoms with Crippen molar-refractivity contribution in [3.8, 4) is 5.75 Å². The van der Waals surface area contributed by atoms with Crippen LogP contribution in [0, 0.1) is 13.8 Å². The van der Waals surface area contributed by atoms with Crippen molar-refractivity contribution >= 4 is 27.9 Å². The zero-order valence-electron chi connectivity index (χ0n) is 15.0. The molecule has 1 heterocycles. The quantitative estimate of drug-likeness (QED) is 0.751. The smallest absolute Gasteiger partial charge is 0.325 e. The van der Waals surface area contributed by atoms with E-state index in [-0.39, 0.29) is 19.1 Å². The summed E-state index contributed by atoms with van der Waals surface area (Å²) in [4.78, 5) is 26.4. The number of ether oxygens (including phenoxy) is 1. The van der Waals surface area contributed by atoms with Gasteiger partial charge in [0, 0.05) is 4.47 Å². The molecule has 26 heavy (non-hydrogen) atoms. The first-order valence-corrected chi connectivity index (χ1v) is 9.20. The highest BCUT2D eigenvalue weighted by Gasteiger charge is 2.48. The van der Waals surface area contributed by atoms with Crippen molar-refractivity contribution < 1.29 is 14.3 Å². The van der Waals surface area contributed by atoms with Crippen LogP contribution in [0.4, 0.5) is 4.79 Å². The van der Waals surface area contributed by atoms with Crippen LogP contribution in [0.15, 0.2) is 46.9 Å². The van der Waals surface area contributed by atoms with E-state index < -0.39 is 11.6 Å². The summed E-state index contributed by atoms with van der Waals surface area (Å²) in [5.41, 5.74) is 1.89. The van der Waals surface area contributed by atoms with Crippen LogP contribution in [0.3, 0.4) is 0 Å². The fourth-order valence-corrected chi connectivity index (χ4v) is 3.57. The molecule has 2 aromatic rings. The number of hydrogen-bond acceptors (Lipinski definition) is 3. The van der Waals surface area contributed by atoms with E-state index in [1.807, 2.05) is 50.2 Å². The number of nitrogens with one attached hydrogen (secondary N) is 1. The Hall–Kier alpha value is -2.34. The van der Waals surface area contributed by atoms with E-state index in [4.69, 9.17) is 4.74 Å². The first kappa shape index (κ1) is 18.5. The third-order valence-electron chi connectivity index (χ3n) is 4.46. The predicted octanol–water partition coefficient (Wildman–Crippen LogP) is 3.91. The fraction of sp³-hybridized carbons (Fsp3) is 0.300. The van der Waals surface area contributed by atoms with Crippen LogP contribution < -0.4 is 10.1 Å². The van der Waals surface area contributed by atoms with E-state index in [0.717, 1.165) is 26.9 Å². The number of carbonyl (C=O) groups excluding carboxylic acids is 2. The number of benzene rings is 2. The van der Waals surface area contributed by atoms with Gasteiger partial charge in [-0.25, -0.2) is 4.79 Å². The van der Waals surface area contributed by atoms with Crippen molar-refractivity contribution in [1.29, 1.82) is 0 Å². The zero-order chi connectivity index (χ0) is 18.9. The predicted molar refractivity (Wildman–Crippen MR) is 103 cm³/mol. The second-order valence-electron chi connectivity index (χ2n) is 6.69. The van der Waals surface area contributed by atoms with E-state index in [9.17, 15) is 9.59 Å². The largest absolute Gasteiger partial charge is 0.492 e. The lowest BCUT2D eigenvalue weighted by molar-refractivity contribution is -0.131. The summed E-state index contributed by atoms with van der Waals surface area (Å²) in [6, 6.07) is 12.9. The number of aryl methyl sites for hydroxylation is 2. The molecule has 1 aliphatic rings. The highest BCUT2D eigenvalue weighted by Crippen LogP contribution is 2.30. The van der Waals surface area contributed by atoms with E-state index in [2.05, 4.69) is 27.3 Å². The molecule has 136 valence electrons. The summed E-state index contributed by atoms with van der Waals surface area (Å²) >= 11 is 3.41. The second-order valence-corrected chi connectivity index (χ2v) is 7.61. The summed E-state index contributed by atoms with van der Waals surface area (Å²) < 4.78 is 6.59. The van der Waals surface area contributed by atoms with Crippen molar-refractivity contribution in [3.63, 3.8) is 0 Å². The Labute approximate surface area is 161 Å². The van der Waals surface area contributed by atoms with Crippen LogP contribution in [0.5, 0.6) is 5.75 Å². The summed E-state index contributed by atoms with van der Waals surface area (Å²) in [6.07, 6.45) is 0. The van der Waals surface area contributed by atoms with Crippen LogP contribution in [-0.4, -0.2) is 30.0 Å². The molecule has 3 rings (SSSR count). The molecule has 1 saturated heterocycles. The standard InChI is InChI=1S/C20H21BrN2O3/c1-13-9-14(2)11-17(10-13)26-8-7-23-18(24)20(3,22-19(23)25)15-5-4-6-16(21)12-15/h4-6,9-12H,7-8H2,1-3H3,(H,22,25)/t20-/m1/s1. The van der Waals surface area contributed by atoms with Crippen LogP contribution in [-0.2, 0) is 10.3 Å². The molecule has 6 heteroatoms. The van der Waals surface area contributed by atoms with Crippen molar-refractivity contribution in [2.75, 3.05) is 13.2 Å². The molecular formula is C20H21BrN2O3. The van der Waals surface area contributed by atoms with Crippen molar-refractivity contribution in [2.45, 2.75) is 26.3 Å². The maximum atomic E-state index is 12.9. The summed E-state index contributed by atoms with van der Waals surface area (Å²) in [7, 11) is 0. The van der Waals surface area contributed by atoms with Crippen molar-refractivity contribution in [1.82, 2.24) is 10.2 Å². The van der Waals surface area contributed by atoms with Gasteiger partial charge in [-0.2, -0.15) is 0 Å². The molecule has 3 amide bonds. The number of hydrogen-bond donors (Lipinski definition) is 1. The second kappa shape index (κ2) is 7.11. The van der Waals surface area contributed by atoms with Gasteiger partial charge in [-0.05, 0) is 61.7 Å². The molecule has 5 nitrogen and oxygen atoms in total. The first-order chi connectivity index (χ1) is 12.3. The third kappa shape index (κ3) is 3.60. The maximum Gasteiger partial charge on any atom is 0.325 e. The number of nitrogens with zero attached hydrogens (tertiary/aromatic N) is 1. The van der Waals surface area contributed by atoms with Crippen molar-refractivity contribution in [3.05, 3.63) is 63.6 Å². The van der Waals surface area contributed by atoms with Gasteiger partial charge >= 0.3 is 6.03 Å². The van der Waals surface area contributed by atoms with Gasteiger partial charge in [-0.15, -0.1) is 0 Å². The average Bonchev–Trinajstić information content (AvgIpc) is 2.78. The summed E-state index contributed by atoms with van der Waals surface area (Å²) in [5.74, 6) is 0.467. The van der Waals surface area contributed by atoms with Crippen LogP contribution in [0.2, 0.25) is 0 Å². The molecular weight excluding hydrogens is 396 g/mol. The Balaban J connectivity index is 1.69. The van der Waals surface area contributed by atoms with Crippen LogP contribution in [0.1, 0.15) is 23.6 Å². The monoisotopic (exact) mass is 416 g/mol. The number of rotatable bonds is 5. The minimum atomic E-state index is -1.07. The third-order valence-corrected chi connectivity index (χ3v) is 4.95. The van der Waals surface area contributed by atoms with Gasteiger partial charge in [0.2, 0.25) is 0 Å². The molecule has 0 bridgehead atoms. The first-order valence-electron chi connectivity index (χ1n) is 8.41. The normalized spacial score (nSPS) is 19.6. The molecule has 1 aliphatic heterocycles. The number of amides is 3. The molecule has 0 spiro atoms. The molecule has 0 aromatic heterocycles. The Morgan fingerprint density at radius 1 is 1.12 bits per heavy atom. The Kier molecular flexibility index (Phi) is 5.05. The molecule has 0 unspecified atom stereocenters. The fourth-order valence-electron chi connectivity index (χ4n) is 3.17. The van der Waals surface area contributed by atoms with E-state index in [0.29, 0.717) is 0 Å². The lowest BCUT2D eigenvalue weighted by Crippen LogP contribution is -2.41. The number of carbonyl (C=O) groups is 2. The topological polar surface area (TPSA) is 58.6 Å². The van der Waals surface area contributed by atoms with E-state index in [1.165, 1.54) is 4.90 Å². The average molecular weight is 417 g/mol. The molecule has 0 radical (unpaired) electrons. The maximum absolute atomic E-state index is 12.9. The minimum absolute atomic E-state index is 0.196. The molecule has 1 N–H and O–H groups in total. The lowest BCUT2D eigenvalue weighted by atomic mass is 9.92. The summed E-state index contributed by atoms with van der Waals surface area (Å²) in [5, 5.41) is 2.80. The van der Waals surface area contributed by atoms with Gasteiger partial charge < -0.3 is 10.1 Å². The van der Waals surface area contributed by atoms with Gasteiger partial charge in [-0.1, -0.05) is 34.1 Å². The molecule has 0 aliphatic carbocycles. The van der Waals surface area contributed by atoms with Gasteiger partial charge in [0.25, 0.3) is 5.91 Å². The Morgan fingerprint density at radius 3 is 2.46 bits per heavy atom. The van der Waals surface area contributed by atoms with Crippen LogP contribution >= 0.6 is 15.9 Å². The van der Waals surface area contributed by atoms with E-state index >= 15 is 0 Å². The highest BCUT2D eigenvalue weighted by atomic mass is 79.9. The molecule has 2 aromatic carbocycles. The lowest BCUT2D eigenvalue weighted by Gasteiger charge is -2.22. The number of imide groups is 1. The molecule has 1 fully saturated rings. The van der Waals surface area contributed by atoms with Gasteiger partial charge in [0.15, 0.2) is 0 Å². The Morgan fingerprint density at radius 2 is 1.81 bits per heavy atom. The summed E-state index contributed by atoms with van der Waals surface area (Å²) in [6.45, 7) is 6.17. The minimum Gasteiger partial charge on any atom is -0.492 e. The number of urea groups is 1. The number of halogens is 1. The molecule has 1 atom stereocenters. The van der Waals surface area contributed by atoms with Gasteiger partial charge in [-0.3, -0.25) is 9.69 Å². The van der Waals surface area contributed by atoms with Gasteiger partial charge in [0.1, 0.15) is 17.9 Å². The Bertz CT molecular complexity index is 848. The van der Waals surface area contributed by atoms with Gasteiger partial charge in [0.05, 0.1) is 6.54 Å².